The van der Waals surface area contributed by atoms with E-state index in [0.29, 0.717) is 11.6 Å². The van der Waals surface area contributed by atoms with Crippen molar-refractivity contribution in [1.29, 1.82) is 0 Å². The Labute approximate surface area is 113 Å². The maximum absolute atomic E-state index is 13.9. The van der Waals surface area contributed by atoms with E-state index in [-0.39, 0.29) is 5.56 Å². The zero-order chi connectivity index (χ0) is 14.9. The highest BCUT2D eigenvalue weighted by Crippen LogP contribution is 2.35. The van der Waals surface area contributed by atoms with E-state index in [4.69, 9.17) is 0 Å². The van der Waals surface area contributed by atoms with Crippen molar-refractivity contribution in [3.63, 3.8) is 0 Å². The van der Waals surface area contributed by atoms with E-state index in [1.54, 1.807) is 25.1 Å². The van der Waals surface area contributed by atoms with Crippen molar-refractivity contribution in [2.24, 2.45) is 0 Å². The number of rotatable bonds is 2. The van der Waals surface area contributed by atoms with Crippen molar-refractivity contribution >= 4 is 0 Å². The summed E-state index contributed by atoms with van der Waals surface area (Å²) in [6, 6.07) is 9.46. The number of benzene rings is 2. The number of halogens is 4. The normalized spacial score (nSPS) is 13.3. The minimum absolute atomic E-state index is 0.350. The predicted octanol–water partition coefficient (Wildman–Crippen LogP) is 4.23. The summed E-state index contributed by atoms with van der Waals surface area (Å²) in [5, 5.41) is 10.1. The van der Waals surface area contributed by atoms with E-state index in [1.807, 2.05) is 0 Å². The van der Waals surface area contributed by atoms with Gasteiger partial charge in [-0.15, -0.1) is 0 Å². The standard InChI is InChI=1S/C15H12F4O/c1-9-4-2-5-10(8-9)14(20)11-6-3-7-12(13(11)16)15(17,18)19/h2-8,14,20H,1H3. The van der Waals surface area contributed by atoms with Crippen LogP contribution < -0.4 is 0 Å². The Morgan fingerprint density at radius 1 is 1.05 bits per heavy atom. The van der Waals surface area contributed by atoms with Crippen LogP contribution in [0.15, 0.2) is 42.5 Å². The maximum Gasteiger partial charge on any atom is 0.419 e. The molecule has 106 valence electrons. The molecule has 0 aliphatic rings. The molecule has 2 rings (SSSR count). The van der Waals surface area contributed by atoms with Crippen LogP contribution >= 0.6 is 0 Å². The molecule has 0 aliphatic heterocycles. The fourth-order valence-electron chi connectivity index (χ4n) is 2.00. The van der Waals surface area contributed by atoms with Crippen LogP contribution in [0.1, 0.15) is 28.4 Å². The van der Waals surface area contributed by atoms with Gasteiger partial charge in [-0.1, -0.05) is 42.0 Å². The number of alkyl halides is 3. The van der Waals surface area contributed by atoms with Crippen LogP contribution in [0.3, 0.4) is 0 Å². The quantitative estimate of drug-likeness (QED) is 0.818. The summed E-state index contributed by atoms with van der Waals surface area (Å²) in [4.78, 5) is 0. The zero-order valence-electron chi connectivity index (χ0n) is 10.6. The Balaban J connectivity index is 2.48. The van der Waals surface area contributed by atoms with Gasteiger partial charge in [-0.25, -0.2) is 4.39 Å². The smallest absolute Gasteiger partial charge is 0.384 e. The lowest BCUT2D eigenvalue weighted by molar-refractivity contribution is -0.140. The fourth-order valence-corrected chi connectivity index (χ4v) is 2.00. The minimum atomic E-state index is -4.79. The summed E-state index contributed by atoms with van der Waals surface area (Å²) >= 11 is 0. The number of aliphatic hydroxyl groups excluding tert-OH is 1. The second-order valence-corrected chi connectivity index (χ2v) is 4.52. The first-order chi connectivity index (χ1) is 9.30. The molecule has 0 fully saturated rings. The van der Waals surface area contributed by atoms with Gasteiger partial charge in [-0.3, -0.25) is 0 Å². The average Bonchev–Trinajstić information content (AvgIpc) is 2.37. The maximum atomic E-state index is 13.9. The van der Waals surface area contributed by atoms with Gasteiger partial charge in [-0.05, 0) is 18.6 Å². The fraction of sp³-hybridized carbons (Fsp3) is 0.200. The van der Waals surface area contributed by atoms with Crippen molar-refractivity contribution in [2.45, 2.75) is 19.2 Å². The third-order valence-electron chi connectivity index (χ3n) is 2.99. The Morgan fingerprint density at radius 2 is 1.70 bits per heavy atom. The van der Waals surface area contributed by atoms with E-state index >= 15 is 0 Å². The zero-order valence-corrected chi connectivity index (χ0v) is 10.6. The van der Waals surface area contributed by atoms with Crippen LogP contribution in [0.4, 0.5) is 17.6 Å². The molecule has 0 radical (unpaired) electrons. The number of aliphatic hydroxyl groups is 1. The lowest BCUT2D eigenvalue weighted by Gasteiger charge is -2.16. The SMILES string of the molecule is Cc1cccc(C(O)c2cccc(C(F)(F)F)c2F)c1. The molecule has 0 aromatic heterocycles. The van der Waals surface area contributed by atoms with Crippen molar-refractivity contribution in [3.8, 4) is 0 Å². The molecule has 1 N–H and O–H groups in total. The lowest BCUT2D eigenvalue weighted by atomic mass is 9.97. The molecule has 1 nitrogen and oxygen atoms in total. The van der Waals surface area contributed by atoms with E-state index < -0.39 is 23.7 Å². The van der Waals surface area contributed by atoms with E-state index in [2.05, 4.69) is 0 Å². The Morgan fingerprint density at radius 3 is 2.30 bits per heavy atom. The summed E-state index contributed by atoms with van der Waals surface area (Å²) in [5.74, 6) is -1.44. The van der Waals surface area contributed by atoms with Gasteiger partial charge in [0, 0.05) is 5.56 Å². The molecular formula is C15H12F4O. The molecule has 0 spiro atoms. The van der Waals surface area contributed by atoms with Gasteiger partial charge < -0.3 is 5.11 Å². The van der Waals surface area contributed by atoms with E-state index in [9.17, 15) is 22.7 Å². The summed E-state index contributed by atoms with van der Waals surface area (Å²) in [6.45, 7) is 1.78. The van der Waals surface area contributed by atoms with Crippen LogP contribution in [0.2, 0.25) is 0 Å². The number of hydrogen-bond acceptors (Lipinski definition) is 1. The van der Waals surface area contributed by atoms with Crippen molar-refractivity contribution in [3.05, 3.63) is 70.5 Å². The highest BCUT2D eigenvalue weighted by atomic mass is 19.4. The molecule has 0 saturated heterocycles. The molecule has 2 aromatic carbocycles. The van der Waals surface area contributed by atoms with Crippen LogP contribution in [-0.2, 0) is 6.18 Å². The van der Waals surface area contributed by atoms with Gasteiger partial charge in [0.2, 0.25) is 0 Å². The molecule has 1 unspecified atom stereocenters. The minimum Gasteiger partial charge on any atom is -0.384 e. The van der Waals surface area contributed by atoms with Gasteiger partial charge in [0.1, 0.15) is 11.9 Å². The Kier molecular flexibility index (Phi) is 3.81. The number of hydrogen-bond donors (Lipinski definition) is 1. The van der Waals surface area contributed by atoms with Crippen molar-refractivity contribution in [1.82, 2.24) is 0 Å². The van der Waals surface area contributed by atoms with Crippen molar-refractivity contribution < 1.29 is 22.7 Å². The highest BCUT2D eigenvalue weighted by Gasteiger charge is 2.35. The molecule has 0 bridgehead atoms. The highest BCUT2D eigenvalue weighted by molar-refractivity contribution is 5.36. The largest absolute Gasteiger partial charge is 0.419 e. The van der Waals surface area contributed by atoms with Gasteiger partial charge in [-0.2, -0.15) is 13.2 Å². The first kappa shape index (κ1) is 14.5. The molecule has 0 aliphatic carbocycles. The average molecular weight is 284 g/mol. The third kappa shape index (κ3) is 2.82. The summed E-state index contributed by atoms with van der Waals surface area (Å²) in [7, 11) is 0. The topological polar surface area (TPSA) is 20.2 Å². The van der Waals surface area contributed by atoms with Gasteiger partial charge in [0.15, 0.2) is 0 Å². The first-order valence-electron chi connectivity index (χ1n) is 5.91. The van der Waals surface area contributed by atoms with Gasteiger partial charge >= 0.3 is 6.18 Å². The Bertz CT molecular complexity index is 620. The summed E-state index contributed by atoms with van der Waals surface area (Å²) in [5.41, 5.74) is -0.579. The molecule has 20 heavy (non-hydrogen) atoms. The van der Waals surface area contributed by atoms with Crippen molar-refractivity contribution in [2.75, 3.05) is 0 Å². The molecule has 0 heterocycles. The summed E-state index contributed by atoms with van der Waals surface area (Å²) in [6.07, 6.45) is -6.22. The van der Waals surface area contributed by atoms with E-state index in [0.717, 1.165) is 17.7 Å². The monoisotopic (exact) mass is 284 g/mol. The second kappa shape index (κ2) is 5.25. The summed E-state index contributed by atoms with van der Waals surface area (Å²) < 4.78 is 51.8. The lowest BCUT2D eigenvalue weighted by Crippen LogP contribution is -2.12. The Hall–Kier alpha value is -1.88. The third-order valence-corrected chi connectivity index (χ3v) is 2.99. The van der Waals surface area contributed by atoms with Crippen LogP contribution in [-0.4, -0.2) is 5.11 Å². The van der Waals surface area contributed by atoms with Crippen LogP contribution in [0.25, 0.3) is 0 Å². The van der Waals surface area contributed by atoms with Crippen LogP contribution in [0, 0.1) is 12.7 Å². The van der Waals surface area contributed by atoms with E-state index in [1.165, 1.54) is 6.07 Å². The molecule has 0 amide bonds. The van der Waals surface area contributed by atoms with Crippen LogP contribution in [0.5, 0.6) is 0 Å². The first-order valence-corrected chi connectivity index (χ1v) is 5.91. The van der Waals surface area contributed by atoms with Gasteiger partial charge in [0.05, 0.1) is 5.56 Å². The molecule has 0 saturated carbocycles. The van der Waals surface area contributed by atoms with Gasteiger partial charge in [0.25, 0.3) is 0 Å². The molecule has 1 atom stereocenters. The predicted molar refractivity (Wildman–Crippen MR) is 66.6 cm³/mol. The second-order valence-electron chi connectivity index (χ2n) is 4.52. The molecular weight excluding hydrogens is 272 g/mol. The number of aryl methyl sites for hydroxylation is 1. The molecule has 2 aromatic rings. The molecule has 5 heteroatoms.